The summed E-state index contributed by atoms with van der Waals surface area (Å²) in [4.78, 5) is 12.2. The van der Waals surface area contributed by atoms with Gasteiger partial charge in [0.2, 0.25) is 0 Å². The molecule has 1 aromatic carbocycles. The number of benzene rings is 1. The van der Waals surface area contributed by atoms with E-state index in [1.165, 1.54) is 7.05 Å². The molecule has 0 saturated carbocycles. The van der Waals surface area contributed by atoms with Crippen LogP contribution in [-0.4, -0.2) is 4.57 Å². The number of pyridine rings is 1. The Balaban J connectivity index is 3.02. The fourth-order valence-corrected chi connectivity index (χ4v) is 2.39. The molecule has 2 aromatic rings. The van der Waals surface area contributed by atoms with E-state index in [0.29, 0.717) is 11.1 Å². The monoisotopic (exact) mass is 278 g/mol. The second-order valence-corrected chi connectivity index (χ2v) is 4.92. The molecule has 0 radical (unpaired) electrons. The topological polar surface area (TPSA) is 95.6 Å². The standard InChI is InChI=1S/C16H14N4O/c1-9-4-5-11(10(2)6-9)14-12(7-17)15(19)20(3)16(21)13(14)8-18/h4-6H,19H2,1-3H3. The van der Waals surface area contributed by atoms with Crippen molar-refractivity contribution in [1.29, 1.82) is 10.5 Å². The Morgan fingerprint density at radius 3 is 2.29 bits per heavy atom. The Morgan fingerprint density at radius 2 is 1.76 bits per heavy atom. The van der Waals surface area contributed by atoms with Gasteiger partial charge in [-0.2, -0.15) is 10.5 Å². The number of nitrogens with zero attached hydrogens (tertiary/aromatic N) is 3. The van der Waals surface area contributed by atoms with Crippen LogP contribution in [0.15, 0.2) is 23.0 Å². The SMILES string of the molecule is Cc1ccc(-c2c(C#N)c(N)n(C)c(=O)c2C#N)c(C)c1. The molecule has 0 saturated heterocycles. The van der Waals surface area contributed by atoms with Gasteiger partial charge in [0.25, 0.3) is 5.56 Å². The van der Waals surface area contributed by atoms with E-state index < -0.39 is 5.56 Å². The quantitative estimate of drug-likeness (QED) is 0.862. The number of nitrogens with two attached hydrogens (primary N) is 1. The van der Waals surface area contributed by atoms with Crippen molar-refractivity contribution in [2.45, 2.75) is 13.8 Å². The van der Waals surface area contributed by atoms with E-state index in [9.17, 15) is 15.3 Å². The van der Waals surface area contributed by atoms with Crippen LogP contribution in [0.4, 0.5) is 5.82 Å². The van der Waals surface area contributed by atoms with Gasteiger partial charge in [0.15, 0.2) is 0 Å². The molecule has 0 unspecified atom stereocenters. The van der Waals surface area contributed by atoms with Gasteiger partial charge in [-0.15, -0.1) is 0 Å². The fraction of sp³-hybridized carbons (Fsp3) is 0.188. The smallest absolute Gasteiger partial charge is 0.270 e. The van der Waals surface area contributed by atoms with E-state index in [4.69, 9.17) is 5.73 Å². The van der Waals surface area contributed by atoms with Gasteiger partial charge < -0.3 is 5.73 Å². The van der Waals surface area contributed by atoms with Crippen molar-refractivity contribution in [3.05, 3.63) is 50.8 Å². The lowest BCUT2D eigenvalue weighted by molar-refractivity contribution is 0.868. The van der Waals surface area contributed by atoms with E-state index in [1.807, 2.05) is 38.1 Å². The zero-order valence-electron chi connectivity index (χ0n) is 12.1. The molecule has 0 spiro atoms. The Labute approximate surface area is 122 Å². The lowest BCUT2D eigenvalue weighted by atomic mass is 9.92. The largest absolute Gasteiger partial charge is 0.384 e. The number of hydrogen-bond donors (Lipinski definition) is 1. The molecule has 0 amide bonds. The molecule has 2 N–H and O–H groups in total. The number of nitriles is 2. The van der Waals surface area contributed by atoms with Crippen molar-refractivity contribution in [3.8, 4) is 23.3 Å². The normalized spacial score (nSPS) is 9.95. The zero-order valence-corrected chi connectivity index (χ0v) is 12.1. The molecular formula is C16H14N4O. The summed E-state index contributed by atoms with van der Waals surface area (Å²) < 4.78 is 1.13. The van der Waals surface area contributed by atoms with Crippen molar-refractivity contribution in [1.82, 2.24) is 4.57 Å². The molecule has 2 rings (SSSR count). The van der Waals surface area contributed by atoms with E-state index in [0.717, 1.165) is 15.7 Å². The van der Waals surface area contributed by atoms with Gasteiger partial charge in [-0.25, -0.2) is 0 Å². The van der Waals surface area contributed by atoms with Crippen LogP contribution in [0.3, 0.4) is 0 Å². The van der Waals surface area contributed by atoms with Gasteiger partial charge in [0.05, 0.1) is 0 Å². The number of aryl methyl sites for hydroxylation is 2. The van der Waals surface area contributed by atoms with Crippen LogP contribution in [0, 0.1) is 36.5 Å². The minimum atomic E-state index is -0.496. The molecule has 5 heteroatoms. The molecule has 1 aromatic heterocycles. The van der Waals surface area contributed by atoms with Crippen molar-refractivity contribution < 1.29 is 0 Å². The zero-order chi connectivity index (χ0) is 15.7. The summed E-state index contributed by atoms with van der Waals surface area (Å²) in [7, 11) is 1.45. The molecule has 0 aliphatic heterocycles. The van der Waals surface area contributed by atoms with Crippen LogP contribution >= 0.6 is 0 Å². The summed E-state index contributed by atoms with van der Waals surface area (Å²) in [5.74, 6) is 0.0662. The Kier molecular flexibility index (Phi) is 3.52. The summed E-state index contributed by atoms with van der Waals surface area (Å²) in [6.07, 6.45) is 0. The fourth-order valence-electron chi connectivity index (χ4n) is 2.39. The van der Waals surface area contributed by atoms with Crippen molar-refractivity contribution in [2.75, 3.05) is 5.73 Å². The average molecular weight is 278 g/mol. The highest BCUT2D eigenvalue weighted by atomic mass is 16.1. The second kappa shape index (κ2) is 5.15. The van der Waals surface area contributed by atoms with Crippen LogP contribution in [0.1, 0.15) is 22.3 Å². The van der Waals surface area contributed by atoms with Crippen molar-refractivity contribution >= 4 is 5.82 Å². The first kappa shape index (κ1) is 14.4. The van der Waals surface area contributed by atoms with Gasteiger partial charge in [-0.1, -0.05) is 23.8 Å². The van der Waals surface area contributed by atoms with E-state index in [-0.39, 0.29) is 16.9 Å². The first-order chi connectivity index (χ1) is 9.92. The second-order valence-electron chi connectivity index (χ2n) is 4.92. The van der Waals surface area contributed by atoms with E-state index in [2.05, 4.69) is 0 Å². The number of hydrogen-bond acceptors (Lipinski definition) is 4. The molecule has 5 nitrogen and oxygen atoms in total. The molecule has 0 atom stereocenters. The predicted molar refractivity (Wildman–Crippen MR) is 80.4 cm³/mol. The first-order valence-electron chi connectivity index (χ1n) is 6.32. The molecule has 104 valence electrons. The maximum absolute atomic E-state index is 12.2. The minimum Gasteiger partial charge on any atom is -0.384 e. The van der Waals surface area contributed by atoms with Crippen LogP contribution in [0.25, 0.3) is 11.1 Å². The molecule has 0 aliphatic carbocycles. The van der Waals surface area contributed by atoms with Gasteiger partial charge in [0.1, 0.15) is 29.1 Å². The van der Waals surface area contributed by atoms with Gasteiger partial charge in [0, 0.05) is 12.6 Å². The molecule has 1 heterocycles. The maximum atomic E-state index is 12.2. The highest BCUT2D eigenvalue weighted by molar-refractivity contribution is 5.82. The Hall–Kier alpha value is -3.05. The van der Waals surface area contributed by atoms with Crippen molar-refractivity contribution in [3.63, 3.8) is 0 Å². The summed E-state index contributed by atoms with van der Waals surface area (Å²) in [6.45, 7) is 3.82. The van der Waals surface area contributed by atoms with Gasteiger partial charge in [-0.3, -0.25) is 9.36 Å². The van der Waals surface area contributed by atoms with E-state index in [1.54, 1.807) is 6.07 Å². The van der Waals surface area contributed by atoms with Gasteiger partial charge in [-0.05, 0) is 25.0 Å². The Bertz CT molecular complexity index is 879. The third-order valence-corrected chi connectivity index (χ3v) is 3.51. The van der Waals surface area contributed by atoms with Crippen LogP contribution in [0.2, 0.25) is 0 Å². The van der Waals surface area contributed by atoms with Crippen LogP contribution < -0.4 is 11.3 Å². The number of aromatic nitrogens is 1. The molecular weight excluding hydrogens is 264 g/mol. The number of rotatable bonds is 1. The lowest BCUT2D eigenvalue weighted by Crippen LogP contribution is -2.25. The lowest BCUT2D eigenvalue weighted by Gasteiger charge is -2.14. The summed E-state index contributed by atoms with van der Waals surface area (Å²) in [5.41, 5.74) is 8.41. The third kappa shape index (κ3) is 2.15. The first-order valence-corrected chi connectivity index (χ1v) is 6.32. The van der Waals surface area contributed by atoms with Crippen LogP contribution in [0.5, 0.6) is 0 Å². The number of nitrogen functional groups attached to an aromatic ring is 1. The third-order valence-electron chi connectivity index (χ3n) is 3.51. The highest BCUT2D eigenvalue weighted by Gasteiger charge is 2.21. The average Bonchev–Trinajstić information content (AvgIpc) is 2.45. The predicted octanol–water partition coefficient (Wildman–Crippen LogP) is 1.99. The van der Waals surface area contributed by atoms with Crippen LogP contribution in [-0.2, 0) is 7.05 Å². The molecule has 0 fully saturated rings. The molecule has 0 bridgehead atoms. The van der Waals surface area contributed by atoms with E-state index >= 15 is 0 Å². The van der Waals surface area contributed by atoms with Gasteiger partial charge >= 0.3 is 0 Å². The molecule has 0 aliphatic rings. The summed E-state index contributed by atoms with van der Waals surface area (Å²) in [5, 5.41) is 18.7. The minimum absolute atomic E-state index is 0.0600. The van der Waals surface area contributed by atoms with Crippen molar-refractivity contribution in [2.24, 2.45) is 7.05 Å². The highest BCUT2D eigenvalue weighted by Crippen LogP contribution is 2.31. The molecule has 21 heavy (non-hydrogen) atoms. The Morgan fingerprint density at radius 1 is 1.14 bits per heavy atom. The number of anilines is 1. The summed E-state index contributed by atoms with van der Waals surface area (Å²) in [6, 6.07) is 9.53. The summed E-state index contributed by atoms with van der Waals surface area (Å²) >= 11 is 0. The maximum Gasteiger partial charge on any atom is 0.270 e.